The highest BCUT2D eigenvalue weighted by Crippen LogP contribution is 2.26. The molecule has 0 aromatic carbocycles. The Kier molecular flexibility index (Phi) is 7.98. The van der Waals surface area contributed by atoms with E-state index < -0.39 is 10.0 Å². The number of rotatable bonds is 6. The van der Waals surface area contributed by atoms with Gasteiger partial charge in [0.1, 0.15) is 0 Å². The Bertz CT molecular complexity index is 638. The molecule has 3 heterocycles. The highest BCUT2D eigenvalue weighted by atomic mass is 32.2. The van der Waals surface area contributed by atoms with E-state index in [1.807, 2.05) is 11.8 Å². The Balaban J connectivity index is 1.47. The molecule has 0 aromatic rings. The van der Waals surface area contributed by atoms with E-state index in [2.05, 4.69) is 18.7 Å². The van der Waals surface area contributed by atoms with Crippen LogP contribution in [0.5, 0.6) is 0 Å². The largest absolute Gasteiger partial charge is 0.373 e. The minimum Gasteiger partial charge on any atom is -0.373 e. The average Bonchev–Trinajstić information content (AvgIpc) is 2.67. The minimum absolute atomic E-state index is 0.161. The van der Waals surface area contributed by atoms with Crippen molar-refractivity contribution in [2.24, 2.45) is 11.8 Å². The SMILES string of the molecule is CCCS(=O)(=O)N1CCCC(C(=O)N2CCC(CN3CC(C)OC(C)C3)CC2)C1. The summed E-state index contributed by atoms with van der Waals surface area (Å²) in [5.41, 5.74) is 0. The van der Waals surface area contributed by atoms with Crippen LogP contribution in [-0.2, 0) is 19.6 Å². The maximum Gasteiger partial charge on any atom is 0.227 e. The quantitative estimate of drug-likeness (QED) is 0.644. The summed E-state index contributed by atoms with van der Waals surface area (Å²) in [6, 6.07) is 0. The Morgan fingerprint density at radius 3 is 2.28 bits per heavy atom. The molecule has 3 rings (SSSR count). The summed E-state index contributed by atoms with van der Waals surface area (Å²) in [6.07, 6.45) is 4.86. The van der Waals surface area contributed by atoms with Gasteiger partial charge in [-0.1, -0.05) is 6.92 Å². The van der Waals surface area contributed by atoms with Crippen molar-refractivity contribution >= 4 is 15.9 Å². The van der Waals surface area contributed by atoms with E-state index in [0.717, 1.165) is 58.4 Å². The van der Waals surface area contributed by atoms with Crippen molar-refractivity contribution in [1.82, 2.24) is 14.1 Å². The molecule has 3 aliphatic rings. The Morgan fingerprint density at radius 2 is 1.66 bits per heavy atom. The van der Waals surface area contributed by atoms with Crippen molar-refractivity contribution in [3.05, 3.63) is 0 Å². The Morgan fingerprint density at radius 1 is 1.00 bits per heavy atom. The van der Waals surface area contributed by atoms with Gasteiger partial charge in [0.05, 0.1) is 23.9 Å². The monoisotopic (exact) mass is 429 g/mol. The zero-order chi connectivity index (χ0) is 21.0. The van der Waals surface area contributed by atoms with Crippen LogP contribution in [0.1, 0.15) is 52.9 Å². The van der Waals surface area contributed by atoms with Crippen LogP contribution in [-0.4, -0.2) is 92.2 Å². The lowest BCUT2D eigenvalue weighted by atomic mass is 9.93. The number of hydrogen-bond donors (Lipinski definition) is 0. The number of amides is 1. The third-order valence-electron chi connectivity index (χ3n) is 6.53. The summed E-state index contributed by atoms with van der Waals surface area (Å²) >= 11 is 0. The fraction of sp³-hybridized carbons (Fsp3) is 0.952. The van der Waals surface area contributed by atoms with Crippen LogP contribution in [0, 0.1) is 11.8 Å². The molecular formula is C21H39N3O4S. The molecule has 3 saturated heterocycles. The average molecular weight is 430 g/mol. The van der Waals surface area contributed by atoms with Gasteiger partial charge in [0.2, 0.25) is 15.9 Å². The van der Waals surface area contributed by atoms with E-state index in [4.69, 9.17) is 4.74 Å². The van der Waals surface area contributed by atoms with Gasteiger partial charge in [0.25, 0.3) is 0 Å². The van der Waals surface area contributed by atoms with Crippen molar-refractivity contribution in [3.63, 3.8) is 0 Å². The lowest BCUT2D eigenvalue weighted by Crippen LogP contribution is -2.51. The van der Waals surface area contributed by atoms with Gasteiger partial charge in [-0.2, -0.15) is 0 Å². The fourth-order valence-corrected chi connectivity index (χ4v) is 6.76. The summed E-state index contributed by atoms with van der Waals surface area (Å²) in [7, 11) is -3.22. The molecule has 0 aliphatic carbocycles. The van der Waals surface area contributed by atoms with Crippen molar-refractivity contribution < 1.29 is 17.9 Å². The van der Waals surface area contributed by atoms with Gasteiger partial charge < -0.3 is 9.64 Å². The number of carbonyl (C=O) groups is 1. The van der Waals surface area contributed by atoms with Gasteiger partial charge in [-0.05, 0) is 51.9 Å². The first kappa shape index (κ1) is 23.0. The molecule has 3 aliphatic heterocycles. The highest BCUT2D eigenvalue weighted by Gasteiger charge is 2.35. The predicted molar refractivity (Wildman–Crippen MR) is 114 cm³/mol. The number of hydrogen-bond acceptors (Lipinski definition) is 5. The second-order valence-electron chi connectivity index (χ2n) is 9.26. The number of nitrogens with zero attached hydrogens (tertiary/aromatic N) is 3. The molecule has 7 nitrogen and oxygen atoms in total. The molecule has 0 N–H and O–H groups in total. The first-order chi connectivity index (χ1) is 13.8. The second-order valence-corrected chi connectivity index (χ2v) is 11.3. The standard InChI is InChI=1S/C21H39N3O4S/c1-4-12-29(26,27)24-9-5-6-20(16-24)21(25)23-10-7-19(8-11-23)15-22-13-17(2)28-18(3)14-22/h17-20H,4-16H2,1-3H3. The maximum absolute atomic E-state index is 13.0. The van der Waals surface area contributed by atoms with Crippen molar-refractivity contribution in [1.29, 1.82) is 0 Å². The van der Waals surface area contributed by atoms with Crippen LogP contribution in [0.2, 0.25) is 0 Å². The van der Waals surface area contributed by atoms with E-state index in [1.54, 1.807) is 4.31 Å². The van der Waals surface area contributed by atoms with E-state index >= 15 is 0 Å². The molecule has 3 atom stereocenters. The molecule has 0 radical (unpaired) electrons. The van der Waals surface area contributed by atoms with Crippen LogP contribution in [0.15, 0.2) is 0 Å². The number of morpholine rings is 1. The predicted octanol–water partition coefficient (Wildman–Crippen LogP) is 1.79. The van der Waals surface area contributed by atoms with Crippen LogP contribution in [0.3, 0.4) is 0 Å². The first-order valence-electron chi connectivity index (χ1n) is 11.4. The molecule has 0 bridgehead atoms. The Hall–Kier alpha value is -0.700. The van der Waals surface area contributed by atoms with E-state index in [-0.39, 0.29) is 17.6 Å². The zero-order valence-corrected chi connectivity index (χ0v) is 19.2. The van der Waals surface area contributed by atoms with Crippen LogP contribution in [0.4, 0.5) is 0 Å². The van der Waals surface area contributed by atoms with E-state index in [1.165, 1.54) is 0 Å². The molecule has 0 saturated carbocycles. The van der Waals surface area contributed by atoms with Crippen molar-refractivity contribution in [2.75, 3.05) is 51.6 Å². The number of sulfonamides is 1. The normalized spacial score (nSPS) is 31.1. The third-order valence-corrected chi connectivity index (χ3v) is 8.57. The molecule has 0 aromatic heterocycles. The highest BCUT2D eigenvalue weighted by molar-refractivity contribution is 7.89. The molecular weight excluding hydrogens is 390 g/mol. The summed E-state index contributed by atoms with van der Waals surface area (Å²) in [6.45, 7) is 11.8. The molecule has 29 heavy (non-hydrogen) atoms. The summed E-state index contributed by atoms with van der Waals surface area (Å²) in [4.78, 5) is 17.5. The van der Waals surface area contributed by atoms with Crippen molar-refractivity contribution in [2.45, 2.75) is 65.1 Å². The molecule has 3 fully saturated rings. The van der Waals surface area contributed by atoms with E-state index in [9.17, 15) is 13.2 Å². The molecule has 1 amide bonds. The van der Waals surface area contributed by atoms with Crippen molar-refractivity contribution in [3.8, 4) is 0 Å². The van der Waals surface area contributed by atoms with E-state index in [0.29, 0.717) is 37.6 Å². The summed E-state index contributed by atoms with van der Waals surface area (Å²) < 4.78 is 32.2. The van der Waals surface area contributed by atoms with Gasteiger partial charge in [0, 0.05) is 45.8 Å². The van der Waals surface area contributed by atoms with Gasteiger partial charge in [0.15, 0.2) is 0 Å². The summed E-state index contributed by atoms with van der Waals surface area (Å²) in [5, 5.41) is 0. The van der Waals surface area contributed by atoms with Crippen LogP contribution < -0.4 is 0 Å². The zero-order valence-electron chi connectivity index (χ0n) is 18.4. The second kappa shape index (κ2) is 10.1. The van der Waals surface area contributed by atoms with Gasteiger partial charge in [-0.3, -0.25) is 9.69 Å². The number of ether oxygens (including phenoxy) is 1. The lowest BCUT2D eigenvalue weighted by molar-refractivity contribution is -0.138. The smallest absolute Gasteiger partial charge is 0.227 e. The van der Waals surface area contributed by atoms with Gasteiger partial charge >= 0.3 is 0 Å². The maximum atomic E-state index is 13.0. The first-order valence-corrected chi connectivity index (χ1v) is 13.0. The number of likely N-dealkylation sites (tertiary alicyclic amines) is 1. The fourth-order valence-electron chi connectivity index (χ4n) is 5.18. The van der Waals surface area contributed by atoms with Gasteiger partial charge in [-0.25, -0.2) is 12.7 Å². The molecule has 8 heteroatoms. The summed E-state index contributed by atoms with van der Waals surface area (Å²) in [5.74, 6) is 0.795. The number of carbonyl (C=O) groups excluding carboxylic acids is 1. The topological polar surface area (TPSA) is 70.2 Å². The van der Waals surface area contributed by atoms with Crippen LogP contribution >= 0.6 is 0 Å². The number of piperidine rings is 2. The molecule has 3 unspecified atom stereocenters. The molecule has 168 valence electrons. The van der Waals surface area contributed by atoms with Gasteiger partial charge in [-0.15, -0.1) is 0 Å². The third kappa shape index (κ3) is 6.15. The lowest BCUT2D eigenvalue weighted by Gasteiger charge is -2.40. The Labute approximate surface area is 176 Å². The van der Waals surface area contributed by atoms with Crippen LogP contribution in [0.25, 0.3) is 0 Å². The molecule has 0 spiro atoms. The minimum atomic E-state index is -3.22.